The first-order chi connectivity index (χ1) is 23.7. The zero-order valence-electron chi connectivity index (χ0n) is 28.1. The van der Waals surface area contributed by atoms with Crippen LogP contribution in [0.15, 0.2) is 36.5 Å². The van der Waals surface area contributed by atoms with Crippen LogP contribution in [0.25, 0.3) is 10.8 Å². The number of allylic oxidation sites excluding steroid dienone is 1. The van der Waals surface area contributed by atoms with Gasteiger partial charge in [0, 0.05) is 28.1 Å². The second kappa shape index (κ2) is 13.9. The molecular formula is C34H42ClN5O9S. The Morgan fingerprint density at radius 1 is 1.14 bits per heavy atom. The van der Waals surface area contributed by atoms with E-state index in [0.29, 0.717) is 47.2 Å². The normalized spacial score (nSPS) is 30.3. The van der Waals surface area contributed by atoms with Gasteiger partial charge in [-0.1, -0.05) is 37.6 Å². The third-order valence-corrected chi connectivity index (χ3v) is 12.2. The van der Waals surface area contributed by atoms with Gasteiger partial charge in [0.25, 0.3) is 5.91 Å². The molecule has 6 rings (SSSR count). The zero-order chi connectivity index (χ0) is 36.0. The molecule has 14 nitrogen and oxygen atoms in total. The summed E-state index contributed by atoms with van der Waals surface area (Å²) in [5.41, 5.74) is -1.54. The van der Waals surface area contributed by atoms with Crippen LogP contribution in [0.4, 0.5) is 4.79 Å². The van der Waals surface area contributed by atoms with Crippen LogP contribution in [-0.2, 0) is 24.4 Å². The number of methoxy groups -OCH3 is 1. The van der Waals surface area contributed by atoms with Gasteiger partial charge in [-0.2, -0.15) is 0 Å². The first-order valence-electron chi connectivity index (χ1n) is 16.9. The van der Waals surface area contributed by atoms with Gasteiger partial charge in [0.2, 0.25) is 27.7 Å². The molecule has 50 heavy (non-hydrogen) atoms. The monoisotopic (exact) mass is 731 g/mol. The molecule has 3 heterocycles. The number of hydrogen-bond acceptors (Lipinski definition) is 9. The van der Waals surface area contributed by atoms with E-state index < -0.39 is 74.7 Å². The summed E-state index contributed by atoms with van der Waals surface area (Å²) in [6.07, 6.45) is 6.09. The van der Waals surface area contributed by atoms with E-state index in [9.17, 15) is 32.7 Å². The van der Waals surface area contributed by atoms with Crippen molar-refractivity contribution >= 4 is 56.2 Å². The molecule has 1 aromatic heterocycles. The number of carboxylic acid groups (broad SMARTS) is 1. The summed E-state index contributed by atoms with van der Waals surface area (Å²) in [4.78, 5) is 59.9. The van der Waals surface area contributed by atoms with Gasteiger partial charge in [-0.05, 0) is 68.6 Å². The minimum Gasteiger partial charge on any atom is -0.494 e. The average Bonchev–Trinajstić information content (AvgIpc) is 3.98. The SMILES string of the molecule is COc1cnc(O[C@@H]2C[C@H]3C(=O)N[C@]4(C(=O)NS(=O)(=O)C5CC5)C[C@H]4C=CCC[C@@H](C)C[C@@H](C)[C@H](NC(=O)O)C(=O)N3C2)c2cc(Cl)ccc12. The van der Waals surface area contributed by atoms with Crippen molar-refractivity contribution in [3.8, 4) is 11.6 Å². The molecule has 2 saturated carbocycles. The molecule has 7 atom stereocenters. The maximum absolute atomic E-state index is 14.3. The fraction of sp³-hybridized carbons (Fsp3) is 0.559. The van der Waals surface area contributed by atoms with Crippen molar-refractivity contribution < 1.29 is 42.2 Å². The number of pyridine rings is 1. The highest BCUT2D eigenvalue weighted by molar-refractivity contribution is 7.91. The maximum Gasteiger partial charge on any atom is 0.405 e. The third kappa shape index (κ3) is 7.34. The Kier molecular flexibility index (Phi) is 9.92. The number of nitrogens with zero attached hydrogens (tertiary/aromatic N) is 2. The van der Waals surface area contributed by atoms with E-state index in [4.69, 9.17) is 21.1 Å². The number of sulfonamides is 1. The van der Waals surface area contributed by atoms with Crippen LogP contribution in [0, 0.1) is 17.8 Å². The van der Waals surface area contributed by atoms with Crippen LogP contribution in [0.2, 0.25) is 5.02 Å². The molecule has 1 saturated heterocycles. The largest absolute Gasteiger partial charge is 0.494 e. The molecule has 2 aliphatic carbocycles. The molecule has 4 aliphatic rings. The van der Waals surface area contributed by atoms with E-state index in [1.807, 2.05) is 19.1 Å². The van der Waals surface area contributed by atoms with Gasteiger partial charge < -0.3 is 30.1 Å². The number of hydrogen-bond donors (Lipinski definition) is 4. The molecule has 1 aromatic carbocycles. The van der Waals surface area contributed by atoms with Gasteiger partial charge in [0.1, 0.15) is 29.5 Å². The maximum atomic E-state index is 14.3. The minimum atomic E-state index is -3.91. The van der Waals surface area contributed by atoms with Crippen molar-refractivity contribution in [2.75, 3.05) is 13.7 Å². The van der Waals surface area contributed by atoms with Gasteiger partial charge in [-0.15, -0.1) is 0 Å². The predicted molar refractivity (Wildman–Crippen MR) is 183 cm³/mol. The molecular weight excluding hydrogens is 690 g/mol. The Balaban J connectivity index is 1.35. The van der Waals surface area contributed by atoms with E-state index in [0.717, 1.165) is 6.42 Å². The van der Waals surface area contributed by atoms with Crippen molar-refractivity contribution in [1.82, 2.24) is 25.2 Å². The van der Waals surface area contributed by atoms with Crippen LogP contribution in [0.3, 0.4) is 0 Å². The third-order valence-electron chi connectivity index (χ3n) is 10.2. The number of ether oxygens (including phenoxy) is 2. The number of carbonyl (C=O) groups is 4. The van der Waals surface area contributed by atoms with Crippen LogP contribution in [0.1, 0.15) is 58.8 Å². The van der Waals surface area contributed by atoms with Gasteiger partial charge in [0.05, 0.1) is 25.1 Å². The number of carbonyl (C=O) groups excluding carboxylic acids is 3. The molecule has 3 fully saturated rings. The van der Waals surface area contributed by atoms with E-state index in [-0.39, 0.29) is 31.2 Å². The molecule has 0 bridgehead atoms. The van der Waals surface area contributed by atoms with E-state index in [2.05, 4.69) is 20.3 Å². The summed E-state index contributed by atoms with van der Waals surface area (Å²) >= 11 is 6.31. The van der Waals surface area contributed by atoms with Crippen LogP contribution in [0.5, 0.6) is 11.6 Å². The Morgan fingerprint density at radius 3 is 2.60 bits per heavy atom. The number of amides is 4. The van der Waals surface area contributed by atoms with Gasteiger partial charge in [-0.25, -0.2) is 18.2 Å². The Morgan fingerprint density at radius 2 is 1.90 bits per heavy atom. The highest BCUT2D eigenvalue weighted by Crippen LogP contribution is 2.46. The lowest BCUT2D eigenvalue weighted by molar-refractivity contribution is -0.142. The van der Waals surface area contributed by atoms with Crippen molar-refractivity contribution in [2.45, 2.75) is 87.8 Å². The molecule has 0 unspecified atom stereocenters. The van der Waals surface area contributed by atoms with Crippen molar-refractivity contribution in [2.24, 2.45) is 17.8 Å². The summed E-state index contributed by atoms with van der Waals surface area (Å²) in [6.45, 7) is 3.73. The van der Waals surface area contributed by atoms with E-state index in [1.54, 1.807) is 25.1 Å². The summed E-state index contributed by atoms with van der Waals surface area (Å²) in [5, 5.41) is 15.9. The van der Waals surface area contributed by atoms with Gasteiger partial charge in [-0.3, -0.25) is 19.1 Å². The number of benzene rings is 1. The molecule has 2 aromatic rings. The summed E-state index contributed by atoms with van der Waals surface area (Å²) < 4.78 is 39.5. The molecule has 4 N–H and O–H groups in total. The predicted octanol–water partition coefficient (Wildman–Crippen LogP) is 3.38. The van der Waals surface area contributed by atoms with Crippen LogP contribution in [-0.4, -0.2) is 89.9 Å². The molecule has 0 spiro atoms. The second-order valence-electron chi connectivity index (χ2n) is 14.0. The Labute approximate surface area is 295 Å². The Hall–Kier alpha value is -4.11. The lowest BCUT2D eigenvalue weighted by atomic mass is 9.88. The highest BCUT2D eigenvalue weighted by Gasteiger charge is 2.62. The van der Waals surface area contributed by atoms with Crippen molar-refractivity contribution in [3.05, 3.63) is 41.6 Å². The van der Waals surface area contributed by atoms with E-state index >= 15 is 0 Å². The second-order valence-corrected chi connectivity index (χ2v) is 16.4. The molecule has 4 amide bonds. The minimum absolute atomic E-state index is 0.0174. The first-order valence-corrected chi connectivity index (χ1v) is 18.8. The lowest BCUT2D eigenvalue weighted by Crippen LogP contribution is -2.59. The first kappa shape index (κ1) is 35.7. The number of aromatic nitrogens is 1. The lowest BCUT2D eigenvalue weighted by Gasteiger charge is -2.32. The molecule has 270 valence electrons. The van der Waals surface area contributed by atoms with Gasteiger partial charge in [0.15, 0.2) is 0 Å². The summed E-state index contributed by atoms with van der Waals surface area (Å²) in [6, 6.07) is 2.79. The standard InChI is InChI=1S/C34H42ClN5O9S/c1-18-6-4-5-7-20-15-34(20,32(43)39-50(46,47)23-9-10-23)38-29(41)26-14-22(17-40(26)31(42)28(19(2)12-18)37-33(44)45)49-30-25-13-21(35)8-11-24(25)27(48-3)16-36-30/h5,7-8,11,13,16,18-20,22-23,26,28,37H,4,6,9-10,12,14-15,17H2,1-3H3,(H,38,41)(H,39,43)(H,44,45)/t18-,19-,20-,22-,26+,28+,34-/m1/s1. The quantitative estimate of drug-likeness (QED) is 0.307. The zero-order valence-corrected chi connectivity index (χ0v) is 29.6. The molecule has 16 heteroatoms. The topological polar surface area (TPSA) is 193 Å². The fourth-order valence-corrected chi connectivity index (χ4v) is 8.75. The van der Waals surface area contributed by atoms with Crippen LogP contribution >= 0.6 is 11.6 Å². The summed E-state index contributed by atoms with van der Waals surface area (Å²) in [5.74, 6) is -2.18. The average molecular weight is 732 g/mol. The Bertz CT molecular complexity index is 1840. The number of nitrogens with one attached hydrogen (secondary N) is 3. The van der Waals surface area contributed by atoms with Gasteiger partial charge >= 0.3 is 6.09 Å². The highest BCUT2D eigenvalue weighted by atomic mass is 35.5. The van der Waals surface area contributed by atoms with Crippen molar-refractivity contribution in [3.63, 3.8) is 0 Å². The fourth-order valence-electron chi connectivity index (χ4n) is 7.21. The van der Waals surface area contributed by atoms with E-state index in [1.165, 1.54) is 18.2 Å². The number of fused-ring (bicyclic) bond motifs is 3. The van der Waals surface area contributed by atoms with Crippen LogP contribution < -0.4 is 24.8 Å². The molecule has 0 radical (unpaired) electrons. The summed E-state index contributed by atoms with van der Waals surface area (Å²) in [7, 11) is -2.40. The van der Waals surface area contributed by atoms with Crippen molar-refractivity contribution in [1.29, 1.82) is 0 Å². The number of rotatable bonds is 7. The smallest absolute Gasteiger partial charge is 0.405 e. The molecule has 2 aliphatic heterocycles. The number of halogens is 1.